The molecule has 0 saturated carbocycles. The van der Waals surface area contributed by atoms with Gasteiger partial charge in [0.1, 0.15) is 5.82 Å². The molecule has 0 fully saturated rings. The van der Waals surface area contributed by atoms with E-state index in [9.17, 15) is 4.39 Å². The topological polar surface area (TPSA) is 27.8 Å². The summed E-state index contributed by atoms with van der Waals surface area (Å²) in [7, 11) is 0. The zero-order valence-electron chi connectivity index (χ0n) is 9.37. The zero-order valence-corrected chi connectivity index (χ0v) is 11.0. The first-order valence-corrected chi connectivity index (χ1v) is 6.31. The third-order valence-electron chi connectivity index (χ3n) is 2.77. The summed E-state index contributed by atoms with van der Waals surface area (Å²) in [6.45, 7) is 0. The minimum Gasteiger partial charge on any atom is -0.359 e. The van der Waals surface area contributed by atoms with Gasteiger partial charge in [0.15, 0.2) is 0 Å². The minimum atomic E-state index is -0.237. The van der Waals surface area contributed by atoms with Crippen LogP contribution in [0.2, 0.25) is 0 Å². The lowest BCUT2D eigenvalue weighted by Crippen LogP contribution is -1.88. The monoisotopic (exact) mass is 304 g/mol. The number of fused-ring (bicyclic) bond motifs is 1. The predicted molar refractivity (Wildman–Crippen MR) is 75.7 cm³/mol. The van der Waals surface area contributed by atoms with E-state index in [0.717, 1.165) is 26.8 Å². The highest BCUT2D eigenvalue weighted by Crippen LogP contribution is 2.27. The van der Waals surface area contributed by atoms with Gasteiger partial charge in [-0.05, 0) is 42.5 Å². The Morgan fingerprint density at radius 1 is 1.06 bits per heavy atom. The Morgan fingerprint density at radius 2 is 1.83 bits per heavy atom. The minimum absolute atomic E-state index is 0.237. The zero-order chi connectivity index (χ0) is 12.5. The molecule has 2 nitrogen and oxygen atoms in total. The summed E-state index contributed by atoms with van der Waals surface area (Å²) >= 11 is 3.40. The molecule has 0 spiro atoms. The Bertz CT molecular complexity index is 689. The summed E-state index contributed by atoms with van der Waals surface area (Å²) in [6, 6.07) is 12.6. The van der Waals surface area contributed by atoms with Crippen molar-refractivity contribution in [1.82, 2.24) is 4.98 Å². The number of hydrogen-bond acceptors (Lipinski definition) is 1. The molecule has 2 aromatic carbocycles. The number of halogens is 2. The van der Waals surface area contributed by atoms with Gasteiger partial charge in [-0.2, -0.15) is 0 Å². The Labute approximate surface area is 112 Å². The average Bonchev–Trinajstić information content (AvgIpc) is 2.74. The van der Waals surface area contributed by atoms with Gasteiger partial charge in [0.25, 0.3) is 0 Å². The van der Waals surface area contributed by atoms with Gasteiger partial charge in [-0.15, -0.1) is 0 Å². The molecule has 0 bridgehead atoms. The molecule has 3 aromatic rings. The number of benzene rings is 2. The fourth-order valence-corrected chi connectivity index (χ4v) is 2.15. The van der Waals surface area contributed by atoms with E-state index in [1.54, 1.807) is 6.07 Å². The maximum absolute atomic E-state index is 13.1. The first-order valence-electron chi connectivity index (χ1n) is 5.51. The van der Waals surface area contributed by atoms with Crippen LogP contribution in [0.3, 0.4) is 0 Å². The predicted octanol–water partition coefficient (Wildman–Crippen LogP) is 4.81. The molecule has 1 heterocycles. The van der Waals surface area contributed by atoms with Gasteiger partial charge >= 0.3 is 0 Å². The van der Waals surface area contributed by atoms with Gasteiger partial charge in [-0.1, -0.05) is 15.9 Å². The molecular formula is C14H10BrFN2. The summed E-state index contributed by atoms with van der Waals surface area (Å²) in [5.41, 5.74) is 2.71. The summed E-state index contributed by atoms with van der Waals surface area (Å²) in [4.78, 5) is 3.05. The largest absolute Gasteiger partial charge is 0.359 e. The summed E-state index contributed by atoms with van der Waals surface area (Å²) in [6.07, 6.45) is 1.84. The van der Waals surface area contributed by atoms with Gasteiger partial charge in [-0.3, -0.25) is 0 Å². The molecule has 0 aliphatic rings. The van der Waals surface area contributed by atoms with Gasteiger partial charge < -0.3 is 10.3 Å². The highest BCUT2D eigenvalue weighted by Gasteiger charge is 2.04. The van der Waals surface area contributed by atoms with Crippen molar-refractivity contribution in [2.24, 2.45) is 0 Å². The lowest BCUT2D eigenvalue weighted by atomic mass is 10.2. The second-order valence-electron chi connectivity index (χ2n) is 4.02. The van der Waals surface area contributed by atoms with Crippen LogP contribution in [0, 0.1) is 5.82 Å². The summed E-state index contributed by atoms with van der Waals surface area (Å²) in [5, 5.41) is 4.27. The molecule has 1 aromatic heterocycles. The van der Waals surface area contributed by atoms with Crippen molar-refractivity contribution < 1.29 is 4.39 Å². The molecule has 0 amide bonds. The van der Waals surface area contributed by atoms with Crippen LogP contribution in [0.15, 0.2) is 53.1 Å². The van der Waals surface area contributed by atoms with Crippen LogP contribution in [-0.2, 0) is 0 Å². The number of H-pyrrole nitrogens is 1. The lowest BCUT2D eigenvalue weighted by molar-refractivity contribution is 0.629. The highest BCUT2D eigenvalue weighted by atomic mass is 79.9. The maximum Gasteiger partial charge on any atom is 0.125 e. The third-order valence-corrected chi connectivity index (χ3v) is 3.30. The maximum atomic E-state index is 13.1. The molecule has 0 aliphatic carbocycles. The quantitative estimate of drug-likeness (QED) is 0.698. The van der Waals surface area contributed by atoms with E-state index in [1.807, 2.05) is 30.5 Å². The highest BCUT2D eigenvalue weighted by molar-refractivity contribution is 9.10. The lowest BCUT2D eigenvalue weighted by Gasteiger charge is -2.04. The average molecular weight is 305 g/mol. The molecule has 0 atom stereocenters. The van der Waals surface area contributed by atoms with Crippen LogP contribution in [0.1, 0.15) is 0 Å². The van der Waals surface area contributed by atoms with Gasteiger partial charge in [0, 0.05) is 21.7 Å². The number of anilines is 2. The van der Waals surface area contributed by atoms with E-state index in [4.69, 9.17) is 0 Å². The van der Waals surface area contributed by atoms with E-state index < -0.39 is 0 Å². The SMILES string of the molecule is Fc1ccc2c(Nc3ccc(Br)cc3)c[nH]c2c1. The molecule has 0 aliphatic heterocycles. The van der Waals surface area contributed by atoms with Crippen molar-refractivity contribution in [1.29, 1.82) is 0 Å². The van der Waals surface area contributed by atoms with Crippen molar-refractivity contribution in [3.8, 4) is 0 Å². The van der Waals surface area contributed by atoms with Crippen LogP contribution in [0.25, 0.3) is 10.9 Å². The Morgan fingerprint density at radius 3 is 2.61 bits per heavy atom. The molecule has 3 rings (SSSR count). The third kappa shape index (κ3) is 2.11. The van der Waals surface area contributed by atoms with Crippen molar-refractivity contribution in [2.75, 3.05) is 5.32 Å². The fourth-order valence-electron chi connectivity index (χ4n) is 1.89. The number of hydrogen-bond donors (Lipinski definition) is 2. The van der Waals surface area contributed by atoms with Crippen LogP contribution < -0.4 is 5.32 Å². The van der Waals surface area contributed by atoms with E-state index in [1.165, 1.54) is 12.1 Å². The van der Waals surface area contributed by atoms with E-state index >= 15 is 0 Å². The molecule has 0 saturated heterocycles. The molecule has 90 valence electrons. The van der Waals surface area contributed by atoms with Crippen LogP contribution in [-0.4, -0.2) is 4.98 Å². The number of nitrogens with one attached hydrogen (secondary N) is 2. The van der Waals surface area contributed by atoms with Gasteiger partial charge in [-0.25, -0.2) is 4.39 Å². The molecule has 4 heteroatoms. The second kappa shape index (κ2) is 4.46. The van der Waals surface area contributed by atoms with Crippen LogP contribution >= 0.6 is 15.9 Å². The smallest absolute Gasteiger partial charge is 0.125 e. The van der Waals surface area contributed by atoms with Crippen molar-refractivity contribution in [3.05, 3.63) is 59.0 Å². The number of rotatable bonds is 2. The van der Waals surface area contributed by atoms with Gasteiger partial charge in [0.2, 0.25) is 0 Å². The first kappa shape index (κ1) is 11.3. The Balaban J connectivity index is 1.97. The molecule has 0 radical (unpaired) electrons. The van der Waals surface area contributed by atoms with Gasteiger partial charge in [0.05, 0.1) is 11.2 Å². The molecule has 0 unspecified atom stereocenters. The van der Waals surface area contributed by atoms with Crippen molar-refractivity contribution >= 4 is 38.2 Å². The Hall–Kier alpha value is -1.81. The van der Waals surface area contributed by atoms with Crippen molar-refractivity contribution in [2.45, 2.75) is 0 Å². The Kier molecular flexibility index (Phi) is 2.80. The van der Waals surface area contributed by atoms with Crippen LogP contribution in [0.5, 0.6) is 0 Å². The summed E-state index contributed by atoms with van der Waals surface area (Å²) in [5.74, 6) is -0.237. The molecule has 2 N–H and O–H groups in total. The normalized spacial score (nSPS) is 10.8. The molecular weight excluding hydrogens is 295 g/mol. The number of aromatic nitrogens is 1. The fraction of sp³-hybridized carbons (Fsp3) is 0. The second-order valence-corrected chi connectivity index (χ2v) is 4.94. The van der Waals surface area contributed by atoms with Crippen molar-refractivity contribution in [3.63, 3.8) is 0 Å². The van der Waals surface area contributed by atoms with Crippen LogP contribution in [0.4, 0.5) is 15.8 Å². The summed E-state index contributed by atoms with van der Waals surface area (Å²) < 4.78 is 14.1. The van der Waals surface area contributed by atoms with E-state index in [0.29, 0.717) is 0 Å². The van der Waals surface area contributed by atoms with E-state index in [2.05, 4.69) is 26.2 Å². The first-order chi connectivity index (χ1) is 8.72. The standard InChI is InChI=1S/C14H10BrFN2/c15-9-1-4-11(5-2-9)18-14-8-17-13-7-10(16)3-6-12(13)14/h1-8,17-18H. The van der Waals surface area contributed by atoms with E-state index in [-0.39, 0.29) is 5.82 Å². The number of aromatic amines is 1. The molecule has 18 heavy (non-hydrogen) atoms.